The predicted octanol–water partition coefficient (Wildman–Crippen LogP) is 5.18. The van der Waals surface area contributed by atoms with Gasteiger partial charge in [-0.1, -0.05) is 46.3 Å². The fourth-order valence-corrected chi connectivity index (χ4v) is 2.95. The molecule has 25 heavy (non-hydrogen) atoms. The van der Waals surface area contributed by atoms with Gasteiger partial charge in [0.05, 0.1) is 12.2 Å². The van der Waals surface area contributed by atoms with Crippen LogP contribution in [0.2, 0.25) is 0 Å². The number of nitrogens with one attached hydrogen (secondary N) is 1. The van der Waals surface area contributed by atoms with E-state index in [9.17, 15) is 9.90 Å². The van der Waals surface area contributed by atoms with Crippen LogP contribution in [0.3, 0.4) is 0 Å². The molecule has 0 heterocycles. The highest BCUT2D eigenvalue weighted by molar-refractivity contribution is 9.10. The van der Waals surface area contributed by atoms with Gasteiger partial charge in [0.25, 0.3) is 0 Å². The summed E-state index contributed by atoms with van der Waals surface area (Å²) in [5, 5.41) is 14.7. The number of anilines is 1. The maximum atomic E-state index is 11.3. The Labute approximate surface area is 154 Å². The molecule has 0 saturated heterocycles. The van der Waals surface area contributed by atoms with Crippen LogP contribution in [0.4, 0.5) is 5.69 Å². The van der Waals surface area contributed by atoms with E-state index in [0.717, 1.165) is 22.0 Å². The molecule has 0 unspecified atom stereocenters. The topological polar surface area (TPSA) is 58.6 Å². The van der Waals surface area contributed by atoms with Crippen LogP contribution in [0.25, 0.3) is 10.8 Å². The quantitative estimate of drug-likeness (QED) is 0.537. The molecule has 0 aliphatic rings. The Morgan fingerprint density at radius 2 is 1.84 bits per heavy atom. The number of ether oxygens (including phenoxy) is 1. The number of aromatic carboxylic acids is 1. The summed E-state index contributed by atoms with van der Waals surface area (Å²) in [6.07, 6.45) is 0.766. The SMILES string of the molecule is O=C(O)c1cc(Br)ccc1NCCCOc1ccc2ccccc2c1. The molecule has 0 amide bonds. The van der Waals surface area contributed by atoms with Gasteiger partial charge in [0.2, 0.25) is 0 Å². The van der Waals surface area contributed by atoms with Crippen LogP contribution in [-0.2, 0) is 0 Å². The third-order valence-corrected chi connectivity index (χ3v) is 4.33. The molecule has 5 heteroatoms. The maximum Gasteiger partial charge on any atom is 0.337 e. The van der Waals surface area contributed by atoms with Crippen molar-refractivity contribution in [2.75, 3.05) is 18.5 Å². The van der Waals surface area contributed by atoms with Crippen LogP contribution >= 0.6 is 15.9 Å². The number of carbonyl (C=O) groups is 1. The lowest BCUT2D eigenvalue weighted by atomic mass is 10.1. The first-order chi connectivity index (χ1) is 12.1. The molecule has 2 N–H and O–H groups in total. The molecule has 0 aliphatic heterocycles. The number of hydrogen-bond donors (Lipinski definition) is 2. The molecule has 0 radical (unpaired) electrons. The van der Waals surface area contributed by atoms with E-state index >= 15 is 0 Å². The van der Waals surface area contributed by atoms with Crippen molar-refractivity contribution in [1.29, 1.82) is 0 Å². The minimum absolute atomic E-state index is 0.254. The van der Waals surface area contributed by atoms with Gasteiger partial charge >= 0.3 is 5.97 Å². The first-order valence-corrected chi connectivity index (χ1v) is 8.81. The van der Waals surface area contributed by atoms with Gasteiger partial charge in [-0.3, -0.25) is 0 Å². The van der Waals surface area contributed by atoms with Crippen molar-refractivity contribution in [3.05, 3.63) is 70.7 Å². The van der Waals surface area contributed by atoms with E-state index < -0.39 is 5.97 Å². The Bertz CT molecular complexity index is 895. The van der Waals surface area contributed by atoms with Gasteiger partial charge in [0.15, 0.2) is 0 Å². The smallest absolute Gasteiger partial charge is 0.337 e. The van der Waals surface area contributed by atoms with Gasteiger partial charge in [0, 0.05) is 16.7 Å². The number of benzene rings is 3. The average molecular weight is 400 g/mol. The Hall–Kier alpha value is -2.53. The van der Waals surface area contributed by atoms with Gasteiger partial charge in [-0.15, -0.1) is 0 Å². The molecule has 0 aromatic heterocycles. The minimum Gasteiger partial charge on any atom is -0.494 e. The van der Waals surface area contributed by atoms with Crippen molar-refractivity contribution in [2.24, 2.45) is 0 Å². The van der Waals surface area contributed by atoms with Crippen molar-refractivity contribution < 1.29 is 14.6 Å². The van der Waals surface area contributed by atoms with Gasteiger partial charge in [-0.25, -0.2) is 4.79 Å². The molecule has 0 atom stereocenters. The third-order valence-electron chi connectivity index (χ3n) is 3.84. The third kappa shape index (κ3) is 4.51. The molecule has 0 aliphatic carbocycles. The van der Waals surface area contributed by atoms with Crippen molar-refractivity contribution in [3.8, 4) is 5.75 Å². The van der Waals surface area contributed by atoms with Crippen LogP contribution in [0.5, 0.6) is 5.75 Å². The standard InChI is InChI=1S/C20H18BrNO3/c21-16-7-9-19(18(13-16)20(23)24)22-10-3-11-25-17-8-6-14-4-1-2-5-15(14)12-17/h1-2,4-9,12-13,22H,3,10-11H2,(H,23,24). The molecule has 3 aromatic rings. The number of halogens is 1. The summed E-state index contributed by atoms with van der Waals surface area (Å²) < 4.78 is 6.53. The zero-order chi connectivity index (χ0) is 17.6. The summed E-state index contributed by atoms with van der Waals surface area (Å²) >= 11 is 3.29. The number of rotatable bonds is 7. The summed E-state index contributed by atoms with van der Waals surface area (Å²) in [5.74, 6) is -0.107. The zero-order valence-corrected chi connectivity index (χ0v) is 15.1. The van der Waals surface area contributed by atoms with Crippen LogP contribution in [0.1, 0.15) is 16.8 Å². The first-order valence-electron chi connectivity index (χ1n) is 8.02. The largest absolute Gasteiger partial charge is 0.494 e. The lowest BCUT2D eigenvalue weighted by molar-refractivity contribution is 0.0698. The summed E-state index contributed by atoms with van der Waals surface area (Å²) in [6.45, 7) is 1.19. The Morgan fingerprint density at radius 3 is 2.64 bits per heavy atom. The van der Waals surface area contributed by atoms with Gasteiger partial charge < -0.3 is 15.2 Å². The Kier molecular flexibility index (Phi) is 5.56. The van der Waals surface area contributed by atoms with E-state index in [1.807, 2.05) is 36.4 Å². The highest BCUT2D eigenvalue weighted by Crippen LogP contribution is 2.22. The summed E-state index contributed by atoms with van der Waals surface area (Å²) in [4.78, 5) is 11.3. The van der Waals surface area contributed by atoms with E-state index in [2.05, 4.69) is 33.4 Å². The number of fused-ring (bicyclic) bond motifs is 1. The molecule has 128 valence electrons. The molecular formula is C20H18BrNO3. The number of carboxylic acids is 1. The lowest BCUT2D eigenvalue weighted by Crippen LogP contribution is -2.10. The molecule has 3 aromatic carbocycles. The van der Waals surface area contributed by atoms with Gasteiger partial charge in [-0.2, -0.15) is 0 Å². The Balaban J connectivity index is 1.51. The summed E-state index contributed by atoms with van der Waals surface area (Å²) in [7, 11) is 0. The van der Waals surface area contributed by atoms with Gasteiger partial charge in [0.1, 0.15) is 5.75 Å². The summed E-state index contributed by atoms with van der Waals surface area (Å²) in [6, 6.07) is 19.4. The van der Waals surface area contributed by atoms with Crippen molar-refractivity contribution in [1.82, 2.24) is 0 Å². The van der Waals surface area contributed by atoms with Gasteiger partial charge in [-0.05, 0) is 47.5 Å². The zero-order valence-electron chi connectivity index (χ0n) is 13.5. The predicted molar refractivity (Wildman–Crippen MR) is 104 cm³/mol. The molecule has 0 fully saturated rings. The number of carboxylic acid groups (broad SMARTS) is 1. The Morgan fingerprint density at radius 1 is 1.04 bits per heavy atom. The van der Waals surface area contributed by atoms with E-state index in [-0.39, 0.29) is 5.56 Å². The van der Waals surface area contributed by atoms with Crippen LogP contribution in [0.15, 0.2) is 65.1 Å². The second kappa shape index (κ2) is 8.03. The molecule has 0 bridgehead atoms. The van der Waals surface area contributed by atoms with E-state index in [1.54, 1.807) is 12.1 Å². The fourth-order valence-electron chi connectivity index (χ4n) is 2.59. The summed E-state index contributed by atoms with van der Waals surface area (Å²) in [5.41, 5.74) is 0.867. The minimum atomic E-state index is -0.948. The van der Waals surface area contributed by atoms with E-state index in [1.165, 1.54) is 5.39 Å². The molecule has 3 rings (SSSR count). The highest BCUT2D eigenvalue weighted by Gasteiger charge is 2.10. The van der Waals surface area contributed by atoms with Crippen LogP contribution < -0.4 is 10.1 Å². The molecule has 4 nitrogen and oxygen atoms in total. The van der Waals surface area contributed by atoms with Crippen molar-refractivity contribution in [3.63, 3.8) is 0 Å². The van der Waals surface area contributed by atoms with Crippen LogP contribution in [-0.4, -0.2) is 24.2 Å². The van der Waals surface area contributed by atoms with Crippen molar-refractivity contribution in [2.45, 2.75) is 6.42 Å². The molecular weight excluding hydrogens is 382 g/mol. The second-order valence-electron chi connectivity index (χ2n) is 5.63. The maximum absolute atomic E-state index is 11.3. The fraction of sp³-hybridized carbons (Fsp3) is 0.150. The van der Waals surface area contributed by atoms with Crippen molar-refractivity contribution >= 4 is 38.4 Å². The number of hydrogen-bond acceptors (Lipinski definition) is 3. The van der Waals surface area contributed by atoms with E-state index in [4.69, 9.17) is 4.74 Å². The molecule has 0 saturated carbocycles. The van der Waals surface area contributed by atoms with E-state index in [0.29, 0.717) is 18.8 Å². The highest BCUT2D eigenvalue weighted by atomic mass is 79.9. The first kappa shape index (κ1) is 17.3. The molecule has 0 spiro atoms. The second-order valence-corrected chi connectivity index (χ2v) is 6.55. The monoisotopic (exact) mass is 399 g/mol. The normalized spacial score (nSPS) is 10.6. The van der Waals surface area contributed by atoms with Crippen LogP contribution in [0, 0.1) is 0 Å². The average Bonchev–Trinajstić information content (AvgIpc) is 2.62. The lowest BCUT2D eigenvalue weighted by Gasteiger charge is -2.11.